The molecule has 0 N–H and O–H groups in total. The highest BCUT2D eigenvalue weighted by Crippen LogP contribution is 2.57. The minimum atomic E-state index is -1.30. The van der Waals surface area contributed by atoms with Gasteiger partial charge in [0.1, 0.15) is 5.60 Å². The van der Waals surface area contributed by atoms with E-state index in [1.807, 2.05) is 20.8 Å². The first-order valence-electron chi connectivity index (χ1n) is 7.24. The summed E-state index contributed by atoms with van der Waals surface area (Å²) < 4.78 is 11.5. The number of fused-ring (bicyclic) bond motifs is 1. The summed E-state index contributed by atoms with van der Waals surface area (Å²) in [5.74, 6) is -0.202. The predicted octanol–water partition coefficient (Wildman–Crippen LogP) is 2.39. The molecular formula is C15H22O4. The predicted molar refractivity (Wildman–Crippen MR) is 68.6 cm³/mol. The Balaban J connectivity index is 1.90. The second kappa shape index (κ2) is 3.81. The topological polar surface area (TPSA) is 52.6 Å². The smallest absolute Gasteiger partial charge is 0.346 e. The summed E-state index contributed by atoms with van der Waals surface area (Å²) in [5, 5.41) is 0. The van der Waals surface area contributed by atoms with Gasteiger partial charge in [0.15, 0.2) is 5.78 Å². The third-order valence-electron chi connectivity index (χ3n) is 4.76. The molecule has 1 spiro atoms. The summed E-state index contributed by atoms with van der Waals surface area (Å²) in [6.07, 6.45) is 4.95. The van der Waals surface area contributed by atoms with E-state index in [0.29, 0.717) is 18.8 Å². The van der Waals surface area contributed by atoms with Gasteiger partial charge in [-0.05, 0) is 46.0 Å². The van der Waals surface area contributed by atoms with Crippen LogP contribution in [-0.2, 0) is 19.1 Å². The summed E-state index contributed by atoms with van der Waals surface area (Å²) in [6, 6.07) is 0. The SMILES string of the molecule is CC(C)(C)OC(=O)[C@@]12C[C@@H]3CCC[C@]3(CCC1=O)O2. The third-order valence-corrected chi connectivity index (χ3v) is 4.76. The molecule has 0 aromatic carbocycles. The lowest BCUT2D eigenvalue weighted by atomic mass is 9.88. The highest BCUT2D eigenvalue weighted by atomic mass is 16.6. The van der Waals surface area contributed by atoms with E-state index in [-0.39, 0.29) is 11.4 Å². The van der Waals surface area contributed by atoms with E-state index in [1.165, 1.54) is 0 Å². The molecule has 2 heterocycles. The molecule has 106 valence electrons. The minimum Gasteiger partial charge on any atom is -0.457 e. The minimum absolute atomic E-state index is 0.0817. The molecule has 0 amide bonds. The van der Waals surface area contributed by atoms with Gasteiger partial charge in [0.05, 0.1) is 5.60 Å². The van der Waals surface area contributed by atoms with E-state index in [4.69, 9.17) is 9.47 Å². The van der Waals surface area contributed by atoms with Crippen LogP contribution in [-0.4, -0.2) is 28.6 Å². The van der Waals surface area contributed by atoms with Crippen LogP contribution in [0.1, 0.15) is 59.3 Å². The van der Waals surface area contributed by atoms with Gasteiger partial charge in [-0.1, -0.05) is 6.42 Å². The van der Waals surface area contributed by atoms with Crippen molar-refractivity contribution in [2.24, 2.45) is 5.92 Å². The van der Waals surface area contributed by atoms with Gasteiger partial charge in [0, 0.05) is 12.8 Å². The Morgan fingerprint density at radius 1 is 1.37 bits per heavy atom. The van der Waals surface area contributed by atoms with Crippen LogP contribution < -0.4 is 0 Å². The first kappa shape index (κ1) is 13.1. The molecule has 4 nitrogen and oxygen atoms in total. The molecule has 3 rings (SSSR count). The molecule has 1 saturated carbocycles. The van der Waals surface area contributed by atoms with Crippen molar-refractivity contribution in [2.75, 3.05) is 0 Å². The molecule has 2 saturated heterocycles. The van der Waals surface area contributed by atoms with Crippen LogP contribution in [0.15, 0.2) is 0 Å². The quantitative estimate of drug-likeness (QED) is 0.540. The van der Waals surface area contributed by atoms with E-state index >= 15 is 0 Å². The van der Waals surface area contributed by atoms with Crippen LogP contribution in [0, 0.1) is 5.92 Å². The number of ether oxygens (including phenoxy) is 2. The highest BCUT2D eigenvalue weighted by molar-refractivity contribution is 6.08. The Morgan fingerprint density at radius 3 is 2.79 bits per heavy atom. The van der Waals surface area contributed by atoms with Crippen molar-refractivity contribution >= 4 is 11.8 Å². The summed E-state index contributed by atoms with van der Waals surface area (Å²) in [4.78, 5) is 24.8. The highest BCUT2D eigenvalue weighted by Gasteiger charge is 2.67. The van der Waals surface area contributed by atoms with Crippen molar-refractivity contribution < 1.29 is 19.1 Å². The van der Waals surface area contributed by atoms with Crippen molar-refractivity contribution in [3.8, 4) is 0 Å². The summed E-state index contributed by atoms with van der Waals surface area (Å²) in [5.41, 5.74) is -2.10. The van der Waals surface area contributed by atoms with Gasteiger partial charge < -0.3 is 9.47 Å². The maximum absolute atomic E-state index is 12.5. The van der Waals surface area contributed by atoms with Crippen molar-refractivity contribution in [3.05, 3.63) is 0 Å². The van der Waals surface area contributed by atoms with Gasteiger partial charge in [0.2, 0.25) is 5.60 Å². The Bertz CT molecular complexity index is 436. The molecule has 0 aromatic rings. The summed E-state index contributed by atoms with van der Waals surface area (Å²) in [7, 11) is 0. The maximum Gasteiger partial charge on any atom is 0.346 e. The average molecular weight is 266 g/mol. The van der Waals surface area contributed by atoms with Gasteiger partial charge in [-0.3, -0.25) is 4.79 Å². The molecular weight excluding hydrogens is 244 g/mol. The zero-order valence-corrected chi connectivity index (χ0v) is 12.0. The molecule has 0 aromatic heterocycles. The zero-order chi connectivity index (χ0) is 13.9. The van der Waals surface area contributed by atoms with Crippen LogP contribution in [0.5, 0.6) is 0 Å². The van der Waals surface area contributed by atoms with Crippen LogP contribution >= 0.6 is 0 Å². The molecule has 0 unspecified atom stereocenters. The standard InChI is InChI=1S/C15H22O4/c1-13(2,3)18-12(17)15-9-10-5-4-7-14(10,19-15)8-6-11(15)16/h10H,4-9H2,1-3H3/t10-,14+,15+/m0/s1. The first-order chi connectivity index (χ1) is 8.78. The summed E-state index contributed by atoms with van der Waals surface area (Å²) in [6.45, 7) is 5.46. The Morgan fingerprint density at radius 2 is 2.11 bits per heavy atom. The van der Waals surface area contributed by atoms with E-state index in [2.05, 4.69) is 0 Å². The monoisotopic (exact) mass is 266 g/mol. The molecule has 3 fully saturated rings. The summed E-state index contributed by atoms with van der Waals surface area (Å²) >= 11 is 0. The molecule has 2 bridgehead atoms. The van der Waals surface area contributed by atoms with Gasteiger partial charge in [0.25, 0.3) is 0 Å². The van der Waals surface area contributed by atoms with Crippen LogP contribution in [0.3, 0.4) is 0 Å². The largest absolute Gasteiger partial charge is 0.457 e. The second-order valence-corrected chi connectivity index (χ2v) is 7.21. The fourth-order valence-corrected chi connectivity index (χ4v) is 3.95. The lowest BCUT2D eigenvalue weighted by Crippen LogP contribution is -2.54. The number of hydrogen-bond acceptors (Lipinski definition) is 4. The van der Waals surface area contributed by atoms with E-state index in [0.717, 1.165) is 25.7 Å². The van der Waals surface area contributed by atoms with Gasteiger partial charge in [-0.15, -0.1) is 0 Å². The van der Waals surface area contributed by atoms with Crippen molar-refractivity contribution in [2.45, 2.75) is 76.1 Å². The molecule has 0 radical (unpaired) electrons. The number of Topliss-reactive ketones (excluding diaryl/α,β-unsaturated/α-hetero) is 1. The third kappa shape index (κ3) is 1.83. The van der Waals surface area contributed by atoms with Gasteiger partial charge in [-0.2, -0.15) is 0 Å². The Hall–Kier alpha value is -0.900. The molecule has 3 atom stereocenters. The average Bonchev–Trinajstić information content (AvgIpc) is 2.74. The van der Waals surface area contributed by atoms with E-state index in [1.54, 1.807) is 0 Å². The number of carbonyl (C=O) groups is 2. The fraction of sp³-hybridized carbons (Fsp3) is 0.867. The van der Waals surface area contributed by atoms with Crippen molar-refractivity contribution in [1.82, 2.24) is 0 Å². The van der Waals surface area contributed by atoms with E-state index in [9.17, 15) is 9.59 Å². The number of rotatable bonds is 1. The number of hydrogen-bond donors (Lipinski definition) is 0. The molecule has 4 heteroatoms. The number of ketones is 1. The lowest BCUT2D eigenvalue weighted by Gasteiger charge is -2.38. The Kier molecular flexibility index (Phi) is 2.63. The van der Waals surface area contributed by atoms with Gasteiger partial charge in [-0.25, -0.2) is 4.79 Å². The Labute approximate surface area is 113 Å². The normalized spacial score (nSPS) is 41.2. The van der Waals surface area contributed by atoms with Crippen LogP contribution in [0.2, 0.25) is 0 Å². The molecule has 1 aliphatic carbocycles. The fourth-order valence-electron chi connectivity index (χ4n) is 3.95. The second-order valence-electron chi connectivity index (χ2n) is 7.21. The molecule has 2 aliphatic heterocycles. The first-order valence-corrected chi connectivity index (χ1v) is 7.24. The van der Waals surface area contributed by atoms with E-state index < -0.39 is 17.2 Å². The van der Waals surface area contributed by atoms with Gasteiger partial charge >= 0.3 is 5.97 Å². The number of esters is 1. The number of carbonyl (C=O) groups excluding carboxylic acids is 2. The van der Waals surface area contributed by atoms with Crippen LogP contribution in [0.25, 0.3) is 0 Å². The molecule has 19 heavy (non-hydrogen) atoms. The molecule has 3 aliphatic rings. The van der Waals surface area contributed by atoms with Crippen LogP contribution in [0.4, 0.5) is 0 Å². The van der Waals surface area contributed by atoms with Crippen molar-refractivity contribution in [1.29, 1.82) is 0 Å². The lowest BCUT2D eigenvalue weighted by molar-refractivity contribution is -0.200. The van der Waals surface area contributed by atoms with Crippen molar-refractivity contribution in [3.63, 3.8) is 0 Å². The zero-order valence-electron chi connectivity index (χ0n) is 12.0. The maximum atomic E-state index is 12.5.